The van der Waals surface area contributed by atoms with E-state index in [1.54, 1.807) is 0 Å². The summed E-state index contributed by atoms with van der Waals surface area (Å²) in [5.41, 5.74) is 4.82. The van der Waals surface area contributed by atoms with Crippen molar-refractivity contribution in [3.8, 4) is 22.6 Å². The molecule has 6 heteroatoms. The van der Waals surface area contributed by atoms with Crippen molar-refractivity contribution in [1.29, 1.82) is 0 Å². The molecule has 1 aliphatic carbocycles. The number of carbonyl (C=O) groups excluding carboxylic acids is 2. The summed E-state index contributed by atoms with van der Waals surface area (Å²) in [6.07, 6.45) is 3.52. The zero-order valence-corrected chi connectivity index (χ0v) is 18.3. The number of ether oxygens (including phenoxy) is 4. The van der Waals surface area contributed by atoms with E-state index in [0.29, 0.717) is 39.3 Å². The lowest BCUT2D eigenvalue weighted by atomic mass is 9.99. The Morgan fingerprint density at radius 2 is 1.22 bits per heavy atom. The monoisotopic (exact) mass is 436 g/mol. The van der Waals surface area contributed by atoms with Gasteiger partial charge in [-0.2, -0.15) is 0 Å². The zero-order valence-electron chi connectivity index (χ0n) is 18.3. The minimum absolute atomic E-state index is 0.217. The van der Waals surface area contributed by atoms with E-state index in [9.17, 15) is 9.59 Å². The SMILES string of the molecule is C=CC(=O)OCCCOc1ccc2c(c1)C(C)c1cc(OCCCOC(=O)C=C)ccc1-2. The average molecular weight is 437 g/mol. The van der Waals surface area contributed by atoms with Crippen LogP contribution in [-0.2, 0) is 19.1 Å². The first-order chi connectivity index (χ1) is 15.5. The van der Waals surface area contributed by atoms with E-state index in [2.05, 4.69) is 44.3 Å². The molecule has 0 aliphatic heterocycles. The van der Waals surface area contributed by atoms with E-state index < -0.39 is 11.9 Å². The van der Waals surface area contributed by atoms with Crippen LogP contribution in [0.3, 0.4) is 0 Å². The van der Waals surface area contributed by atoms with Crippen LogP contribution in [0.1, 0.15) is 36.8 Å². The van der Waals surface area contributed by atoms with Crippen LogP contribution in [0, 0.1) is 0 Å². The fourth-order valence-corrected chi connectivity index (χ4v) is 3.60. The largest absolute Gasteiger partial charge is 0.493 e. The summed E-state index contributed by atoms with van der Waals surface area (Å²) >= 11 is 0. The fourth-order valence-electron chi connectivity index (χ4n) is 3.60. The first kappa shape index (κ1) is 23.1. The van der Waals surface area contributed by atoms with Crippen LogP contribution in [-0.4, -0.2) is 38.4 Å². The molecule has 0 heterocycles. The highest BCUT2D eigenvalue weighted by molar-refractivity contribution is 5.81. The second kappa shape index (κ2) is 11.2. The van der Waals surface area contributed by atoms with Crippen LogP contribution in [0.2, 0.25) is 0 Å². The molecule has 2 aromatic rings. The number of hydrogen-bond acceptors (Lipinski definition) is 6. The molecule has 6 nitrogen and oxygen atoms in total. The van der Waals surface area contributed by atoms with Gasteiger partial charge in [-0.25, -0.2) is 9.59 Å². The van der Waals surface area contributed by atoms with Gasteiger partial charge in [0.2, 0.25) is 0 Å². The molecule has 0 unspecified atom stereocenters. The Bertz CT molecular complexity index is 914. The van der Waals surface area contributed by atoms with Crippen molar-refractivity contribution in [1.82, 2.24) is 0 Å². The summed E-state index contributed by atoms with van der Waals surface area (Å²) in [5, 5.41) is 0. The van der Waals surface area contributed by atoms with Crippen molar-refractivity contribution < 1.29 is 28.5 Å². The first-order valence-electron chi connectivity index (χ1n) is 10.7. The van der Waals surface area contributed by atoms with Gasteiger partial charge in [0.15, 0.2) is 0 Å². The molecule has 3 rings (SSSR count). The van der Waals surface area contributed by atoms with Gasteiger partial charge < -0.3 is 18.9 Å². The Balaban J connectivity index is 1.54. The number of hydrogen-bond donors (Lipinski definition) is 0. The molecule has 0 amide bonds. The Labute approximate surface area is 188 Å². The minimum atomic E-state index is -0.423. The molecule has 0 saturated heterocycles. The Morgan fingerprint density at radius 1 is 0.781 bits per heavy atom. The molecule has 168 valence electrons. The molecule has 0 fully saturated rings. The van der Waals surface area contributed by atoms with Crippen LogP contribution in [0.5, 0.6) is 11.5 Å². The molecular formula is C26H28O6. The van der Waals surface area contributed by atoms with E-state index in [4.69, 9.17) is 18.9 Å². The Kier molecular flexibility index (Phi) is 8.08. The molecule has 1 aliphatic rings. The molecule has 0 aromatic heterocycles. The van der Waals surface area contributed by atoms with Crippen LogP contribution in [0.4, 0.5) is 0 Å². The quantitative estimate of drug-likeness (QED) is 0.270. The maximum atomic E-state index is 11.1. The predicted octanol–water partition coefficient (Wildman–Crippen LogP) is 4.82. The van der Waals surface area contributed by atoms with Gasteiger partial charge >= 0.3 is 11.9 Å². The van der Waals surface area contributed by atoms with Gasteiger partial charge in [0.05, 0.1) is 26.4 Å². The lowest BCUT2D eigenvalue weighted by Crippen LogP contribution is -2.06. The molecule has 0 atom stereocenters. The predicted molar refractivity (Wildman–Crippen MR) is 122 cm³/mol. The zero-order chi connectivity index (χ0) is 22.9. The van der Waals surface area contributed by atoms with Gasteiger partial charge in [-0.1, -0.05) is 32.2 Å². The average Bonchev–Trinajstić information content (AvgIpc) is 3.09. The molecule has 0 spiro atoms. The number of benzene rings is 2. The fraction of sp³-hybridized carbons (Fsp3) is 0.308. The van der Waals surface area contributed by atoms with E-state index >= 15 is 0 Å². The Morgan fingerprint density at radius 3 is 1.62 bits per heavy atom. The number of carbonyl (C=O) groups is 2. The van der Waals surface area contributed by atoms with Gasteiger partial charge in [0.1, 0.15) is 11.5 Å². The van der Waals surface area contributed by atoms with Crippen LogP contribution in [0.25, 0.3) is 11.1 Å². The second-order valence-electron chi connectivity index (χ2n) is 7.37. The third kappa shape index (κ3) is 5.78. The highest BCUT2D eigenvalue weighted by Gasteiger charge is 2.26. The molecule has 32 heavy (non-hydrogen) atoms. The first-order valence-corrected chi connectivity index (χ1v) is 10.7. The van der Waals surface area contributed by atoms with Crippen LogP contribution < -0.4 is 9.47 Å². The Hall–Kier alpha value is -3.54. The molecule has 2 aromatic carbocycles. The molecule has 0 N–H and O–H groups in total. The number of fused-ring (bicyclic) bond motifs is 3. The minimum Gasteiger partial charge on any atom is -0.493 e. The second-order valence-corrected chi connectivity index (χ2v) is 7.37. The lowest BCUT2D eigenvalue weighted by molar-refractivity contribution is -0.138. The summed E-state index contributed by atoms with van der Waals surface area (Å²) < 4.78 is 21.6. The van der Waals surface area contributed by atoms with Crippen molar-refractivity contribution >= 4 is 11.9 Å². The van der Waals surface area contributed by atoms with Crippen molar-refractivity contribution in [3.63, 3.8) is 0 Å². The van der Waals surface area contributed by atoms with Crippen LogP contribution >= 0.6 is 0 Å². The van der Waals surface area contributed by atoms with Crippen LogP contribution in [0.15, 0.2) is 61.7 Å². The van der Waals surface area contributed by atoms with Crippen molar-refractivity contribution in [2.75, 3.05) is 26.4 Å². The molecule has 0 radical (unpaired) electrons. The third-order valence-electron chi connectivity index (χ3n) is 5.21. The summed E-state index contributed by atoms with van der Waals surface area (Å²) in [5.74, 6) is 0.962. The smallest absolute Gasteiger partial charge is 0.330 e. The van der Waals surface area contributed by atoms with Crippen molar-refractivity contribution in [2.45, 2.75) is 25.7 Å². The highest BCUT2D eigenvalue weighted by Crippen LogP contribution is 2.46. The third-order valence-corrected chi connectivity index (χ3v) is 5.21. The molecule has 0 saturated carbocycles. The van der Waals surface area contributed by atoms with Crippen molar-refractivity contribution in [3.05, 3.63) is 72.8 Å². The van der Waals surface area contributed by atoms with Crippen molar-refractivity contribution in [2.24, 2.45) is 0 Å². The van der Waals surface area contributed by atoms with Gasteiger partial charge in [0.25, 0.3) is 0 Å². The number of rotatable bonds is 12. The van der Waals surface area contributed by atoms with E-state index in [0.717, 1.165) is 23.7 Å². The summed E-state index contributed by atoms with van der Waals surface area (Å²) in [6, 6.07) is 12.2. The summed E-state index contributed by atoms with van der Waals surface area (Å²) in [4.78, 5) is 22.1. The maximum absolute atomic E-state index is 11.1. The highest BCUT2D eigenvalue weighted by atomic mass is 16.5. The summed E-state index contributed by atoms with van der Waals surface area (Å²) in [6.45, 7) is 10.4. The molecular weight excluding hydrogens is 408 g/mol. The number of esters is 2. The van der Waals surface area contributed by atoms with Gasteiger partial charge in [-0.05, 0) is 46.5 Å². The summed E-state index contributed by atoms with van der Waals surface area (Å²) in [7, 11) is 0. The molecule has 0 bridgehead atoms. The maximum Gasteiger partial charge on any atom is 0.330 e. The van der Waals surface area contributed by atoms with Gasteiger partial charge in [-0.3, -0.25) is 0 Å². The van der Waals surface area contributed by atoms with E-state index in [1.807, 2.05) is 12.1 Å². The van der Waals surface area contributed by atoms with E-state index in [1.165, 1.54) is 22.3 Å². The van der Waals surface area contributed by atoms with Gasteiger partial charge in [0, 0.05) is 30.9 Å². The van der Waals surface area contributed by atoms with Gasteiger partial charge in [-0.15, -0.1) is 0 Å². The van der Waals surface area contributed by atoms with E-state index in [-0.39, 0.29) is 5.92 Å². The topological polar surface area (TPSA) is 71.1 Å². The lowest BCUT2D eigenvalue weighted by Gasteiger charge is -2.11. The normalized spacial score (nSPS) is 11.8. The standard InChI is InChI=1S/C26H28O6/c1-4-25(27)31-14-6-12-29-19-8-10-21-22-11-9-20(17-24(22)18(3)23(21)16-19)30-13-7-15-32-26(28)5-2/h4-5,8-11,16-18H,1-2,6-7,12-15H2,3H3.